The zero-order valence-corrected chi connectivity index (χ0v) is 22.9. The molecule has 3 aromatic carbocycles. The van der Waals surface area contributed by atoms with Gasteiger partial charge in [-0.25, -0.2) is 14.5 Å². The number of amides is 1. The van der Waals surface area contributed by atoms with Gasteiger partial charge in [0.15, 0.2) is 0 Å². The second-order valence-corrected chi connectivity index (χ2v) is 11.1. The van der Waals surface area contributed by atoms with E-state index in [0.29, 0.717) is 5.56 Å². The van der Waals surface area contributed by atoms with E-state index < -0.39 is 57.0 Å². The van der Waals surface area contributed by atoms with Crippen LogP contribution in [0, 0.1) is 0 Å². The monoisotopic (exact) mass is 573 g/mol. The maximum atomic E-state index is 16.1. The van der Waals surface area contributed by atoms with Gasteiger partial charge in [-0.15, -0.1) is 0 Å². The Morgan fingerprint density at radius 1 is 0.900 bits per heavy atom. The van der Waals surface area contributed by atoms with Crippen LogP contribution < -0.4 is 0 Å². The SMILES string of the molecule is CCOP(=O)(OCC)C(F)(F)N(C(=O)OCC1c2ccccc2-c2ccccc21)[C@@H](Cc1ccccc1)C(=O)O. The van der Waals surface area contributed by atoms with Crippen molar-refractivity contribution in [3.8, 4) is 11.1 Å². The van der Waals surface area contributed by atoms with E-state index in [1.54, 1.807) is 18.2 Å². The first-order valence-electron chi connectivity index (χ1n) is 12.8. The lowest BCUT2D eigenvalue weighted by Crippen LogP contribution is -2.56. The fourth-order valence-electron chi connectivity index (χ4n) is 4.88. The number of carbonyl (C=O) groups is 2. The molecule has 1 N–H and O–H groups in total. The maximum Gasteiger partial charge on any atom is 0.432 e. The van der Waals surface area contributed by atoms with Crippen molar-refractivity contribution >= 4 is 19.7 Å². The Morgan fingerprint density at radius 2 is 1.40 bits per heavy atom. The zero-order chi connectivity index (χ0) is 28.9. The Labute approximate surface area is 231 Å². The molecule has 0 bridgehead atoms. The molecule has 0 aliphatic heterocycles. The maximum absolute atomic E-state index is 16.1. The van der Waals surface area contributed by atoms with Crippen LogP contribution >= 0.6 is 7.60 Å². The third-order valence-electron chi connectivity index (χ3n) is 6.62. The van der Waals surface area contributed by atoms with E-state index in [9.17, 15) is 19.3 Å². The molecule has 0 radical (unpaired) electrons. The van der Waals surface area contributed by atoms with Crippen LogP contribution in [0.5, 0.6) is 0 Å². The van der Waals surface area contributed by atoms with E-state index in [1.165, 1.54) is 26.0 Å². The summed E-state index contributed by atoms with van der Waals surface area (Å²) in [5.74, 6) is -6.88. The third kappa shape index (κ3) is 5.66. The van der Waals surface area contributed by atoms with Crippen molar-refractivity contribution in [3.63, 3.8) is 0 Å². The van der Waals surface area contributed by atoms with Gasteiger partial charge < -0.3 is 18.9 Å². The Hall–Kier alpha value is -3.59. The van der Waals surface area contributed by atoms with Gasteiger partial charge in [0.25, 0.3) is 0 Å². The average molecular weight is 574 g/mol. The number of nitrogens with zero attached hydrogens (tertiary/aromatic N) is 1. The van der Waals surface area contributed by atoms with Crippen LogP contribution in [0.2, 0.25) is 0 Å². The summed E-state index contributed by atoms with van der Waals surface area (Å²) in [6, 6.07) is 20.7. The number of benzene rings is 3. The molecule has 8 nitrogen and oxygen atoms in total. The number of rotatable bonds is 12. The van der Waals surface area contributed by atoms with Gasteiger partial charge in [-0.2, -0.15) is 8.78 Å². The highest BCUT2D eigenvalue weighted by molar-refractivity contribution is 7.55. The Kier molecular flexibility index (Phi) is 9.03. The fourth-order valence-corrected chi connectivity index (χ4v) is 6.43. The summed E-state index contributed by atoms with van der Waals surface area (Å²) < 4.78 is 60.7. The highest BCUT2D eigenvalue weighted by atomic mass is 31.2. The van der Waals surface area contributed by atoms with Gasteiger partial charge in [0.2, 0.25) is 0 Å². The minimum Gasteiger partial charge on any atom is -0.480 e. The third-order valence-corrected chi connectivity index (χ3v) is 8.69. The molecule has 0 heterocycles. The van der Waals surface area contributed by atoms with Crippen molar-refractivity contribution in [2.24, 2.45) is 0 Å². The van der Waals surface area contributed by atoms with Crippen molar-refractivity contribution in [2.75, 3.05) is 19.8 Å². The molecule has 0 aromatic heterocycles. The fraction of sp³-hybridized carbons (Fsp3) is 0.310. The lowest BCUT2D eigenvalue weighted by molar-refractivity contribution is -0.155. The van der Waals surface area contributed by atoms with Gasteiger partial charge in [0.05, 0.1) is 13.2 Å². The molecule has 0 saturated carbocycles. The summed E-state index contributed by atoms with van der Waals surface area (Å²) in [6.07, 6.45) is -2.16. The first-order valence-corrected chi connectivity index (χ1v) is 14.4. The predicted molar refractivity (Wildman–Crippen MR) is 144 cm³/mol. The molecule has 212 valence electrons. The number of carboxylic acids is 1. The van der Waals surface area contributed by atoms with Crippen LogP contribution in [0.3, 0.4) is 0 Å². The number of carbonyl (C=O) groups excluding carboxylic acids is 1. The number of aliphatic carboxylic acids is 1. The highest BCUT2D eigenvalue weighted by Crippen LogP contribution is 2.63. The predicted octanol–water partition coefficient (Wildman–Crippen LogP) is 6.75. The molecular weight excluding hydrogens is 543 g/mol. The smallest absolute Gasteiger partial charge is 0.432 e. The summed E-state index contributed by atoms with van der Waals surface area (Å²) in [6.45, 7) is 1.45. The number of fused-ring (bicyclic) bond motifs is 3. The summed E-state index contributed by atoms with van der Waals surface area (Å²) in [4.78, 5) is 25.6. The normalized spacial score (nSPS) is 13.8. The molecule has 0 unspecified atom stereocenters. The Balaban J connectivity index is 1.71. The van der Waals surface area contributed by atoms with Crippen LogP contribution in [-0.2, 0) is 29.6 Å². The molecule has 11 heteroatoms. The molecule has 4 rings (SSSR count). The molecular formula is C29H30F2NO7P. The Morgan fingerprint density at radius 3 is 1.90 bits per heavy atom. The molecule has 1 atom stereocenters. The Bertz CT molecular complexity index is 1350. The van der Waals surface area contributed by atoms with Crippen LogP contribution in [-0.4, -0.2) is 53.7 Å². The van der Waals surface area contributed by atoms with E-state index in [0.717, 1.165) is 22.3 Å². The summed E-state index contributed by atoms with van der Waals surface area (Å²) in [5, 5.41) is 10.0. The van der Waals surface area contributed by atoms with Gasteiger partial charge in [0, 0.05) is 12.3 Å². The quantitative estimate of drug-likeness (QED) is 0.189. The summed E-state index contributed by atoms with van der Waals surface area (Å²) in [5.41, 5.74) is 3.88. The van der Waals surface area contributed by atoms with Crippen molar-refractivity contribution in [3.05, 3.63) is 95.6 Å². The first-order chi connectivity index (χ1) is 19.1. The van der Waals surface area contributed by atoms with Gasteiger partial charge >= 0.3 is 25.4 Å². The first kappa shape index (κ1) is 29.4. The van der Waals surface area contributed by atoms with Crippen molar-refractivity contribution < 1.29 is 41.8 Å². The molecule has 40 heavy (non-hydrogen) atoms. The van der Waals surface area contributed by atoms with Crippen LogP contribution in [0.4, 0.5) is 13.6 Å². The van der Waals surface area contributed by atoms with Gasteiger partial charge in [0.1, 0.15) is 12.6 Å². The largest absolute Gasteiger partial charge is 0.480 e. The van der Waals surface area contributed by atoms with E-state index in [-0.39, 0.29) is 11.5 Å². The van der Waals surface area contributed by atoms with Crippen molar-refractivity contribution in [2.45, 2.75) is 38.0 Å². The van der Waals surface area contributed by atoms with Gasteiger partial charge in [-0.1, -0.05) is 78.9 Å². The lowest BCUT2D eigenvalue weighted by atomic mass is 9.98. The van der Waals surface area contributed by atoms with Crippen LogP contribution in [0.15, 0.2) is 78.9 Å². The highest BCUT2D eigenvalue weighted by Gasteiger charge is 2.63. The number of carboxylic acid groups (broad SMARTS) is 1. The zero-order valence-electron chi connectivity index (χ0n) is 22.0. The standard InChI is InChI=1S/C29H30F2NO7P/c1-3-38-40(36,39-4-2)29(30,31)32(26(27(33)34)18-20-12-6-5-7-13-20)28(35)37-19-25-23-16-10-8-14-21(23)22-15-9-11-17-24(22)25/h5-17,25-26H,3-4,18-19H2,1-2H3,(H,33,34)/t26-/m0/s1. The lowest BCUT2D eigenvalue weighted by Gasteiger charge is -2.37. The van der Waals surface area contributed by atoms with E-state index in [4.69, 9.17) is 13.8 Å². The van der Waals surface area contributed by atoms with E-state index in [2.05, 4.69) is 0 Å². The molecule has 1 amide bonds. The number of halogens is 2. The number of hydrogen-bond donors (Lipinski definition) is 1. The minimum atomic E-state index is -5.36. The topological polar surface area (TPSA) is 102 Å². The summed E-state index contributed by atoms with van der Waals surface area (Å²) in [7, 11) is -5.36. The molecule has 3 aromatic rings. The molecule has 0 saturated heterocycles. The minimum absolute atomic E-state index is 0.304. The average Bonchev–Trinajstić information content (AvgIpc) is 3.25. The van der Waals surface area contributed by atoms with Crippen LogP contribution in [0.1, 0.15) is 36.5 Å². The number of hydrogen-bond acceptors (Lipinski definition) is 6. The second-order valence-electron chi connectivity index (χ2n) is 9.06. The number of ether oxygens (including phenoxy) is 1. The second kappa shape index (κ2) is 12.3. The molecule has 0 spiro atoms. The van der Waals surface area contributed by atoms with Gasteiger partial charge in [-0.05, 0) is 41.7 Å². The molecule has 1 aliphatic rings. The molecule has 1 aliphatic carbocycles. The molecule has 0 fully saturated rings. The number of alkyl halides is 2. The van der Waals surface area contributed by atoms with Crippen LogP contribution in [0.25, 0.3) is 11.1 Å². The van der Waals surface area contributed by atoms with Crippen molar-refractivity contribution in [1.29, 1.82) is 0 Å². The summed E-state index contributed by atoms with van der Waals surface area (Å²) >= 11 is 0. The van der Waals surface area contributed by atoms with Gasteiger partial charge in [-0.3, -0.25) is 4.57 Å². The van der Waals surface area contributed by atoms with E-state index in [1.807, 2.05) is 48.5 Å². The van der Waals surface area contributed by atoms with E-state index >= 15 is 8.78 Å². The van der Waals surface area contributed by atoms with Crippen molar-refractivity contribution in [1.82, 2.24) is 4.90 Å².